The topological polar surface area (TPSA) is 77.9 Å². The van der Waals surface area contributed by atoms with E-state index in [-0.39, 0.29) is 35.6 Å². The SMILES string of the molecule is C[C@H]1OC(=O)[C@@H]2C[C@@H]3CC4(CCC3[C@H](/C=C/c3ccc(O)cn3)[C@H]12)OCCO4. The lowest BCUT2D eigenvalue weighted by Crippen LogP contribution is -2.49. The Bertz CT molecular complexity index is 770. The quantitative estimate of drug-likeness (QED) is 0.788. The third-order valence-corrected chi connectivity index (χ3v) is 7.22. The molecule has 6 atom stereocenters. The summed E-state index contributed by atoms with van der Waals surface area (Å²) in [5, 5.41) is 9.45. The number of hydrogen-bond donors (Lipinski definition) is 1. The molecule has 0 aromatic carbocycles. The van der Waals surface area contributed by atoms with Gasteiger partial charge in [-0.05, 0) is 55.7 Å². The molecule has 6 nitrogen and oxygen atoms in total. The molecule has 1 aromatic rings. The van der Waals surface area contributed by atoms with Crippen molar-refractivity contribution < 1.29 is 24.1 Å². The molecule has 5 rings (SSSR count). The van der Waals surface area contributed by atoms with Crippen molar-refractivity contribution in [1.29, 1.82) is 0 Å². The molecule has 2 saturated carbocycles. The van der Waals surface area contributed by atoms with Gasteiger partial charge in [-0.15, -0.1) is 0 Å². The second-order valence-corrected chi connectivity index (χ2v) is 8.71. The van der Waals surface area contributed by atoms with Crippen LogP contribution in [0.15, 0.2) is 24.4 Å². The zero-order valence-corrected chi connectivity index (χ0v) is 16.1. The molecule has 4 fully saturated rings. The number of aromatic nitrogens is 1. The first kappa shape index (κ1) is 18.1. The minimum absolute atomic E-state index is 0.0461. The van der Waals surface area contributed by atoms with E-state index in [1.54, 1.807) is 12.1 Å². The molecule has 150 valence electrons. The smallest absolute Gasteiger partial charge is 0.309 e. The van der Waals surface area contributed by atoms with Gasteiger partial charge in [-0.2, -0.15) is 0 Å². The van der Waals surface area contributed by atoms with E-state index in [0.29, 0.717) is 25.0 Å². The maximum Gasteiger partial charge on any atom is 0.309 e. The van der Waals surface area contributed by atoms with Crippen LogP contribution in [0.5, 0.6) is 5.75 Å². The third kappa shape index (κ3) is 3.03. The van der Waals surface area contributed by atoms with E-state index in [1.807, 2.05) is 13.0 Å². The number of cyclic esters (lactones) is 1. The second-order valence-electron chi connectivity index (χ2n) is 8.71. The molecule has 0 amide bonds. The normalized spacial score (nSPS) is 39.1. The van der Waals surface area contributed by atoms with Crippen molar-refractivity contribution in [2.75, 3.05) is 13.2 Å². The van der Waals surface area contributed by atoms with Crippen LogP contribution in [0.2, 0.25) is 0 Å². The Balaban J connectivity index is 1.44. The average molecular weight is 385 g/mol. The lowest BCUT2D eigenvalue weighted by Gasteiger charge is -2.49. The first-order valence-electron chi connectivity index (χ1n) is 10.4. The standard InChI is InChI=1S/C22H27NO5/c1-13-20-18(5-3-15-2-4-16(24)12-23-15)17-6-7-22(26-8-9-27-22)11-14(17)10-19(20)21(25)28-13/h2-5,12-14,17-20,24H,6-11H2,1H3/b5-3+/t13-,14-,17?,18+,19-,20+/m1/s1. The zero-order valence-electron chi connectivity index (χ0n) is 16.1. The Morgan fingerprint density at radius 3 is 2.86 bits per heavy atom. The van der Waals surface area contributed by atoms with Crippen LogP contribution in [-0.2, 0) is 19.0 Å². The lowest BCUT2D eigenvalue weighted by molar-refractivity contribution is -0.204. The van der Waals surface area contributed by atoms with Crippen LogP contribution in [0.1, 0.15) is 38.3 Å². The predicted octanol–water partition coefficient (Wildman–Crippen LogP) is 3.16. The summed E-state index contributed by atoms with van der Waals surface area (Å²) in [7, 11) is 0. The summed E-state index contributed by atoms with van der Waals surface area (Å²) < 4.78 is 17.6. The van der Waals surface area contributed by atoms with Gasteiger partial charge in [0.05, 0.1) is 31.0 Å². The molecule has 6 heteroatoms. The van der Waals surface area contributed by atoms with E-state index in [4.69, 9.17) is 14.2 Å². The van der Waals surface area contributed by atoms with Gasteiger partial charge in [0.1, 0.15) is 11.9 Å². The highest BCUT2D eigenvalue weighted by molar-refractivity contribution is 5.75. The maximum absolute atomic E-state index is 12.5. The summed E-state index contributed by atoms with van der Waals surface area (Å²) in [6, 6.07) is 3.45. The Kier molecular flexibility index (Phi) is 4.43. The van der Waals surface area contributed by atoms with Gasteiger partial charge in [-0.25, -0.2) is 0 Å². The number of pyridine rings is 1. The van der Waals surface area contributed by atoms with Gasteiger partial charge in [-0.1, -0.05) is 6.08 Å². The number of rotatable bonds is 2. The molecule has 4 aliphatic rings. The molecular weight excluding hydrogens is 358 g/mol. The van der Waals surface area contributed by atoms with E-state index in [2.05, 4.69) is 11.1 Å². The van der Waals surface area contributed by atoms with Crippen molar-refractivity contribution in [3.05, 3.63) is 30.1 Å². The van der Waals surface area contributed by atoms with Crippen molar-refractivity contribution >= 4 is 12.0 Å². The first-order chi connectivity index (χ1) is 13.5. The molecule has 28 heavy (non-hydrogen) atoms. The summed E-state index contributed by atoms with van der Waals surface area (Å²) in [5.74, 6) is 0.988. The molecule has 1 unspecified atom stereocenters. The maximum atomic E-state index is 12.5. The second kappa shape index (κ2) is 6.85. The monoisotopic (exact) mass is 385 g/mol. The fraction of sp³-hybridized carbons (Fsp3) is 0.636. The van der Waals surface area contributed by atoms with Crippen LogP contribution in [-0.4, -0.2) is 41.2 Å². The van der Waals surface area contributed by atoms with Crippen LogP contribution in [0, 0.1) is 29.6 Å². The number of esters is 1. The van der Waals surface area contributed by atoms with Crippen molar-refractivity contribution in [1.82, 2.24) is 4.98 Å². The van der Waals surface area contributed by atoms with E-state index in [1.165, 1.54) is 6.20 Å². The van der Waals surface area contributed by atoms with Crippen LogP contribution >= 0.6 is 0 Å². The van der Waals surface area contributed by atoms with E-state index < -0.39 is 5.79 Å². The highest BCUT2D eigenvalue weighted by Gasteiger charge is 2.57. The minimum Gasteiger partial charge on any atom is -0.506 e. The molecule has 3 heterocycles. The largest absolute Gasteiger partial charge is 0.506 e. The number of aromatic hydroxyl groups is 1. The zero-order chi connectivity index (χ0) is 19.3. The number of ether oxygens (including phenoxy) is 3. The number of allylic oxidation sites excluding steroid dienone is 1. The van der Waals surface area contributed by atoms with Gasteiger partial charge in [0.25, 0.3) is 0 Å². The summed E-state index contributed by atoms with van der Waals surface area (Å²) >= 11 is 0. The van der Waals surface area contributed by atoms with E-state index in [0.717, 1.165) is 31.4 Å². The Hall–Kier alpha value is -1.92. The lowest BCUT2D eigenvalue weighted by atomic mass is 9.56. The van der Waals surface area contributed by atoms with Gasteiger partial charge in [0.2, 0.25) is 0 Å². The van der Waals surface area contributed by atoms with Gasteiger partial charge in [0.15, 0.2) is 5.79 Å². The van der Waals surface area contributed by atoms with Crippen LogP contribution in [0.3, 0.4) is 0 Å². The molecule has 1 N–H and O–H groups in total. The average Bonchev–Trinajstić information content (AvgIpc) is 3.24. The number of nitrogens with zero attached hydrogens (tertiary/aromatic N) is 1. The summed E-state index contributed by atoms with van der Waals surface area (Å²) in [5.41, 5.74) is 0.809. The fourth-order valence-electron chi connectivity index (χ4n) is 6.06. The Morgan fingerprint density at radius 2 is 2.11 bits per heavy atom. The highest BCUT2D eigenvalue weighted by Crippen LogP contribution is 2.56. The summed E-state index contributed by atoms with van der Waals surface area (Å²) in [6.45, 7) is 3.35. The van der Waals surface area contributed by atoms with Gasteiger partial charge < -0.3 is 19.3 Å². The van der Waals surface area contributed by atoms with Gasteiger partial charge in [0, 0.05) is 18.8 Å². The number of carbonyl (C=O) groups is 1. The van der Waals surface area contributed by atoms with Crippen molar-refractivity contribution in [2.45, 2.75) is 44.5 Å². The number of carbonyl (C=O) groups excluding carboxylic acids is 1. The molecule has 2 aliphatic heterocycles. The van der Waals surface area contributed by atoms with Gasteiger partial charge in [-0.3, -0.25) is 9.78 Å². The summed E-state index contributed by atoms with van der Waals surface area (Å²) in [6.07, 6.45) is 9.32. The molecule has 2 aliphatic carbocycles. The Morgan fingerprint density at radius 1 is 1.29 bits per heavy atom. The molecular formula is C22H27NO5. The molecule has 0 bridgehead atoms. The highest BCUT2D eigenvalue weighted by atomic mass is 16.7. The third-order valence-electron chi connectivity index (χ3n) is 7.22. The predicted molar refractivity (Wildman–Crippen MR) is 101 cm³/mol. The van der Waals surface area contributed by atoms with Crippen molar-refractivity contribution in [3.63, 3.8) is 0 Å². The first-order valence-corrected chi connectivity index (χ1v) is 10.4. The molecule has 1 aromatic heterocycles. The van der Waals surface area contributed by atoms with E-state index in [9.17, 15) is 9.90 Å². The van der Waals surface area contributed by atoms with Crippen molar-refractivity contribution in [3.8, 4) is 5.75 Å². The van der Waals surface area contributed by atoms with Crippen molar-refractivity contribution in [2.24, 2.45) is 29.6 Å². The number of fused-ring (bicyclic) bond motifs is 2. The Labute approximate surface area is 164 Å². The van der Waals surface area contributed by atoms with Crippen LogP contribution in [0.25, 0.3) is 6.08 Å². The fourth-order valence-corrected chi connectivity index (χ4v) is 6.06. The van der Waals surface area contributed by atoms with Crippen LogP contribution < -0.4 is 0 Å². The van der Waals surface area contributed by atoms with Gasteiger partial charge >= 0.3 is 5.97 Å². The van der Waals surface area contributed by atoms with E-state index >= 15 is 0 Å². The van der Waals surface area contributed by atoms with Crippen LogP contribution in [0.4, 0.5) is 0 Å². The molecule has 1 spiro atoms. The minimum atomic E-state index is -0.436. The number of hydrogen-bond acceptors (Lipinski definition) is 6. The summed E-state index contributed by atoms with van der Waals surface area (Å²) in [4.78, 5) is 16.8. The molecule has 2 saturated heterocycles. The molecule has 0 radical (unpaired) electrons.